The van der Waals surface area contributed by atoms with Crippen LogP contribution in [-0.2, 0) is 15.5 Å². The second-order valence-electron chi connectivity index (χ2n) is 2.27. The summed E-state index contributed by atoms with van der Waals surface area (Å²) in [4.78, 5) is 3.80. The largest absolute Gasteiger partial charge is 0.263 e. The van der Waals surface area contributed by atoms with Crippen LogP contribution in [-0.4, -0.2) is 13.4 Å². The molecule has 0 bridgehead atoms. The van der Waals surface area contributed by atoms with E-state index in [9.17, 15) is 8.42 Å². The molecule has 0 aromatic carbocycles. The molecule has 3 nitrogen and oxygen atoms in total. The van der Waals surface area contributed by atoms with Gasteiger partial charge in [-0.25, -0.2) is 8.42 Å². The monoisotopic (exact) mass is 205 g/mol. The van der Waals surface area contributed by atoms with E-state index in [4.69, 9.17) is 10.7 Å². The van der Waals surface area contributed by atoms with E-state index < -0.39 is 9.05 Å². The van der Waals surface area contributed by atoms with Crippen molar-refractivity contribution in [1.29, 1.82) is 0 Å². The van der Waals surface area contributed by atoms with Crippen LogP contribution in [0.3, 0.4) is 0 Å². The molecule has 1 rings (SSSR count). The first-order valence-electron chi connectivity index (χ1n) is 3.43. The van der Waals surface area contributed by atoms with Gasteiger partial charge in [0.25, 0.3) is 9.05 Å². The van der Waals surface area contributed by atoms with Gasteiger partial charge < -0.3 is 0 Å². The summed E-state index contributed by atoms with van der Waals surface area (Å²) in [6.07, 6.45) is 3.44. The first kappa shape index (κ1) is 9.48. The molecule has 0 spiro atoms. The highest BCUT2D eigenvalue weighted by atomic mass is 35.7. The Bertz CT molecular complexity index is 375. The molecule has 0 N–H and O–H groups in total. The third-order valence-corrected chi connectivity index (χ3v) is 2.91. The molecule has 0 saturated carbocycles. The Balaban J connectivity index is 3.33. The summed E-state index contributed by atoms with van der Waals surface area (Å²) in [6, 6.07) is 1.65. The first-order valence-corrected chi connectivity index (χ1v) is 5.74. The Kier molecular flexibility index (Phi) is 2.69. The average Bonchev–Trinajstić information content (AvgIpc) is 2.03. The van der Waals surface area contributed by atoms with Crippen LogP contribution in [0.25, 0.3) is 0 Å². The smallest absolute Gasteiger partial charge is 0.263 e. The molecule has 0 radical (unpaired) electrons. The normalized spacial score (nSPS) is 11.5. The third-order valence-electron chi connectivity index (χ3n) is 1.51. The predicted octanol–water partition coefficient (Wildman–Crippen LogP) is 1.57. The highest BCUT2D eigenvalue weighted by Crippen LogP contribution is 2.18. The molecule has 0 atom stereocenters. The van der Waals surface area contributed by atoms with Crippen molar-refractivity contribution < 1.29 is 8.42 Å². The lowest BCUT2D eigenvalue weighted by atomic mass is 10.2. The van der Waals surface area contributed by atoms with Gasteiger partial charge in [0.2, 0.25) is 0 Å². The molecule has 0 aliphatic heterocycles. The molecule has 0 amide bonds. The Morgan fingerprint density at radius 2 is 2.25 bits per heavy atom. The molecule has 0 unspecified atom stereocenters. The SMILES string of the molecule is CCc1ccncc1S(=O)(=O)Cl. The Morgan fingerprint density at radius 3 is 2.67 bits per heavy atom. The molecule has 1 aromatic heterocycles. The van der Waals surface area contributed by atoms with Crippen LogP contribution in [0.15, 0.2) is 23.4 Å². The maximum absolute atomic E-state index is 10.9. The highest BCUT2D eigenvalue weighted by molar-refractivity contribution is 8.13. The lowest BCUT2D eigenvalue weighted by molar-refractivity contribution is 0.608. The molecule has 1 aromatic rings. The molecule has 0 aliphatic rings. The second kappa shape index (κ2) is 3.41. The highest BCUT2D eigenvalue weighted by Gasteiger charge is 2.13. The minimum atomic E-state index is -3.64. The standard InChI is InChI=1S/C7H8ClNO2S/c1-2-6-3-4-9-5-7(6)12(8,10)11/h3-5H,2H2,1H3. The van der Waals surface area contributed by atoms with E-state index in [-0.39, 0.29) is 4.90 Å². The van der Waals surface area contributed by atoms with Gasteiger partial charge in [0.15, 0.2) is 0 Å². The number of aryl methyl sites for hydroxylation is 1. The lowest BCUT2D eigenvalue weighted by Crippen LogP contribution is -1.97. The number of nitrogens with zero attached hydrogens (tertiary/aromatic N) is 1. The van der Waals surface area contributed by atoms with Gasteiger partial charge in [-0.1, -0.05) is 6.92 Å². The van der Waals surface area contributed by atoms with Gasteiger partial charge in [-0.3, -0.25) is 4.98 Å². The molecule has 1 heterocycles. The lowest BCUT2D eigenvalue weighted by Gasteiger charge is -2.01. The molecular weight excluding hydrogens is 198 g/mol. The van der Waals surface area contributed by atoms with Crippen LogP contribution in [0.4, 0.5) is 0 Å². The summed E-state index contributed by atoms with van der Waals surface area (Å²) in [5, 5.41) is 0. The maximum atomic E-state index is 10.9. The van der Waals surface area contributed by atoms with Crippen LogP contribution >= 0.6 is 10.7 Å². The zero-order valence-electron chi connectivity index (χ0n) is 6.49. The molecular formula is C7H8ClNO2S. The van der Waals surface area contributed by atoms with E-state index in [0.29, 0.717) is 12.0 Å². The van der Waals surface area contributed by atoms with E-state index >= 15 is 0 Å². The van der Waals surface area contributed by atoms with Crippen LogP contribution in [0.1, 0.15) is 12.5 Å². The van der Waals surface area contributed by atoms with Crippen molar-refractivity contribution in [2.75, 3.05) is 0 Å². The molecule has 0 saturated heterocycles. The number of pyridine rings is 1. The topological polar surface area (TPSA) is 47.0 Å². The van der Waals surface area contributed by atoms with Gasteiger partial charge in [0, 0.05) is 23.1 Å². The minimum absolute atomic E-state index is 0.106. The minimum Gasteiger partial charge on any atom is -0.263 e. The van der Waals surface area contributed by atoms with Crippen molar-refractivity contribution >= 4 is 19.7 Å². The second-order valence-corrected chi connectivity index (χ2v) is 4.81. The van der Waals surface area contributed by atoms with Gasteiger partial charge in [-0.15, -0.1) is 0 Å². The Hall–Kier alpha value is -0.610. The number of rotatable bonds is 2. The van der Waals surface area contributed by atoms with Gasteiger partial charge in [0.05, 0.1) is 0 Å². The summed E-state index contributed by atoms with van der Waals surface area (Å²) >= 11 is 0. The van der Waals surface area contributed by atoms with Crippen LogP contribution in [0.5, 0.6) is 0 Å². The summed E-state index contributed by atoms with van der Waals surface area (Å²) in [5.41, 5.74) is 0.694. The third kappa shape index (κ3) is 1.95. The van der Waals surface area contributed by atoms with Crippen molar-refractivity contribution in [1.82, 2.24) is 4.98 Å². The fourth-order valence-corrected chi connectivity index (χ4v) is 2.05. The number of halogens is 1. The summed E-state index contributed by atoms with van der Waals surface area (Å²) in [5.74, 6) is 0. The molecule has 0 aliphatic carbocycles. The van der Waals surface area contributed by atoms with E-state index in [1.165, 1.54) is 6.20 Å². The van der Waals surface area contributed by atoms with E-state index in [0.717, 1.165) is 0 Å². The van der Waals surface area contributed by atoms with Crippen LogP contribution < -0.4 is 0 Å². The Labute approximate surface area is 75.8 Å². The average molecular weight is 206 g/mol. The van der Waals surface area contributed by atoms with Gasteiger partial charge in [0.1, 0.15) is 4.90 Å². The van der Waals surface area contributed by atoms with Crippen molar-refractivity contribution in [2.45, 2.75) is 18.2 Å². The Morgan fingerprint density at radius 1 is 1.58 bits per heavy atom. The quantitative estimate of drug-likeness (QED) is 0.689. The first-order chi connectivity index (χ1) is 5.55. The summed E-state index contributed by atoms with van der Waals surface area (Å²) in [7, 11) is 1.54. The van der Waals surface area contributed by atoms with E-state index in [2.05, 4.69) is 4.98 Å². The fraction of sp³-hybridized carbons (Fsp3) is 0.286. The number of hydrogen-bond acceptors (Lipinski definition) is 3. The number of hydrogen-bond donors (Lipinski definition) is 0. The van der Waals surface area contributed by atoms with Gasteiger partial charge in [-0.2, -0.15) is 0 Å². The van der Waals surface area contributed by atoms with Crippen molar-refractivity contribution in [2.24, 2.45) is 0 Å². The fourth-order valence-electron chi connectivity index (χ4n) is 0.920. The number of aromatic nitrogens is 1. The molecule has 66 valence electrons. The summed E-state index contributed by atoms with van der Waals surface area (Å²) in [6.45, 7) is 1.86. The van der Waals surface area contributed by atoms with Gasteiger partial charge in [-0.05, 0) is 18.1 Å². The zero-order chi connectivity index (χ0) is 9.19. The predicted molar refractivity (Wildman–Crippen MR) is 46.7 cm³/mol. The van der Waals surface area contributed by atoms with Gasteiger partial charge >= 0.3 is 0 Å². The van der Waals surface area contributed by atoms with Crippen LogP contribution in [0, 0.1) is 0 Å². The van der Waals surface area contributed by atoms with Crippen molar-refractivity contribution in [3.05, 3.63) is 24.0 Å². The van der Waals surface area contributed by atoms with Crippen molar-refractivity contribution in [3.8, 4) is 0 Å². The molecule has 0 fully saturated rings. The van der Waals surface area contributed by atoms with Crippen molar-refractivity contribution in [3.63, 3.8) is 0 Å². The molecule has 5 heteroatoms. The van der Waals surface area contributed by atoms with E-state index in [1.54, 1.807) is 12.3 Å². The molecule has 12 heavy (non-hydrogen) atoms. The summed E-state index contributed by atoms with van der Waals surface area (Å²) < 4.78 is 21.9. The zero-order valence-corrected chi connectivity index (χ0v) is 8.06. The van der Waals surface area contributed by atoms with Crippen LogP contribution in [0.2, 0.25) is 0 Å². The van der Waals surface area contributed by atoms with E-state index in [1.807, 2.05) is 6.92 Å². The maximum Gasteiger partial charge on any atom is 0.263 e.